The minimum absolute atomic E-state index is 0.0381. The SMILES string of the molecule is Cc1ncc(CNC(=O)C(NC(=O)COc2ccccc2)C(C)C)s1. The van der Waals surface area contributed by atoms with Crippen LogP contribution in [0.1, 0.15) is 23.7 Å². The lowest BCUT2D eigenvalue weighted by atomic mass is 10.0. The fourth-order valence-electron chi connectivity index (χ4n) is 2.19. The van der Waals surface area contributed by atoms with Crippen LogP contribution in [0.25, 0.3) is 0 Å². The summed E-state index contributed by atoms with van der Waals surface area (Å²) in [5.41, 5.74) is 0. The van der Waals surface area contributed by atoms with E-state index in [0.29, 0.717) is 12.3 Å². The van der Waals surface area contributed by atoms with Gasteiger partial charge in [-0.3, -0.25) is 9.59 Å². The Bertz CT molecular complexity index is 701. The summed E-state index contributed by atoms with van der Waals surface area (Å²) < 4.78 is 5.41. The van der Waals surface area contributed by atoms with Crippen LogP contribution in [-0.2, 0) is 16.1 Å². The van der Waals surface area contributed by atoms with Gasteiger partial charge < -0.3 is 15.4 Å². The zero-order valence-electron chi connectivity index (χ0n) is 14.6. The number of hydrogen-bond donors (Lipinski definition) is 2. The van der Waals surface area contributed by atoms with Gasteiger partial charge in [-0.15, -0.1) is 11.3 Å². The van der Waals surface area contributed by atoms with E-state index in [1.165, 1.54) is 11.3 Å². The minimum atomic E-state index is -0.610. The Morgan fingerprint density at radius 1 is 1.24 bits per heavy atom. The van der Waals surface area contributed by atoms with Gasteiger partial charge in [0, 0.05) is 11.1 Å². The molecule has 1 atom stereocenters. The van der Waals surface area contributed by atoms with Gasteiger partial charge in [-0.25, -0.2) is 4.98 Å². The number of thiazole rings is 1. The number of ether oxygens (including phenoxy) is 1. The van der Waals surface area contributed by atoms with Gasteiger partial charge in [-0.05, 0) is 25.0 Å². The summed E-state index contributed by atoms with van der Waals surface area (Å²) in [5.74, 6) is 0.0353. The van der Waals surface area contributed by atoms with Crippen LogP contribution in [0.5, 0.6) is 5.75 Å². The van der Waals surface area contributed by atoms with Gasteiger partial charge in [0.2, 0.25) is 5.91 Å². The normalized spacial score (nSPS) is 11.8. The van der Waals surface area contributed by atoms with Gasteiger partial charge in [0.05, 0.1) is 11.6 Å². The Morgan fingerprint density at radius 3 is 2.56 bits per heavy atom. The average Bonchev–Trinajstić information content (AvgIpc) is 3.02. The molecule has 0 aliphatic heterocycles. The first-order chi connectivity index (χ1) is 12.0. The molecular formula is C18H23N3O3S. The Balaban J connectivity index is 1.84. The molecule has 0 aliphatic rings. The molecule has 1 aromatic carbocycles. The lowest BCUT2D eigenvalue weighted by Crippen LogP contribution is -2.50. The summed E-state index contributed by atoms with van der Waals surface area (Å²) in [6.07, 6.45) is 1.75. The summed E-state index contributed by atoms with van der Waals surface area (Å²) >= 11 is 1.54. The predicted octanol–water partition coefficient (Wildman–Crippen LogP) is 2.29. The van der Waals surface area contributed by atoms with Crippen molar-refractivity contribution in [2.24, 2.45) is 5.92 Å². The third-order valence-electron chi connectivity index (χ3n) is 3.48. The number of para-hydroxylation sites is 1. The quantitative estimate of drug-likeness (QED) is 0.756. The summed E-state index contributed by atoms with van der Waals surface area (Å²) in [6, 6.07) is 8.48. The molecule has 7 heteroatoms. The second-order valence-electron chi connectivity index (χ2n) is 5.95. The van der Waals surface area contributed by atoms with Crippen LogP contribution in [-0.4, -0.2) is 29.4 Å². The molecule has 2 rings (SSSR count). The molecule has 0 bridgehead atoms. The number of aromatic nitrogens is 1. The van der Waals surface area contributed by atoms with Crippen LogP contribution in [0.4, 0.5) is 0 Å². The first kappa shape index (κ1) is 18.9. The largest absolute Gasteiger partial charge is 0.484 e. The molecule has 0 spiro atoms. The van der Waals surface area contributed by atoms with Gasteiger partial charge in [0.1, 0.15) is 11.8 Å². The van der Waals surface area contributed by atoms with Crippen molar-refractivity contribution in [3.05, 3.63) is 46.4 Å². The van der Waals surface area contributed by atoms with E-state index in [1.807, 2.05) is 39.0 Å². The summed E-state index contributed by atoms with van der Waals surface area (Å²) in [5, 5.41) is 6.54. The Labute approximate surface area is 151 Å². The number of aryl methyl sites for hydroxylation is 1. The monoisotopic (exact) mass is 361 g/mol. The van der Waals surface area contributed by atoms with Crippen molar-refractivity contribution < 1.29 is 14.3 Å². The Kier molecular flexibility index (Phi) is 6.94. The van der Waals surface area contributed by atoms with E-state index in [2.05, 4.69) is 15.6 Å². The topological polar surface area (TPSA) is 80.3 Å². The van der Waals surface area contributed by atoms with Gasteiger partial charge in [-0.2, -0.15) is 0 Å². The lowest BCUT2D eigenvalue weighted by molar-refractivity contribution is -0.131. The Hall–Kier alpha value is -2.41. The van der Waals surface area contributed by atoms with E-state index in [1.54, 1.807) is 18.3 Å². The van der Waals surface area contributed by atoms with Crippen molar-refractivity contribution in [1.29, 1.82) is 0 Å². The van der Waals surface area contributed by atoms with Crippen molar-refractivity contribution in [3.8, 4) is 5.75 Å². The van der Waals surface area contributed by atoms with Crippen LogP contribution in [0, 0.1) is 12.8 Å². The molecule has 1 aromatic heterocycles. The number of nitrogens with zero attached hydrogens (tertiary/aromatic N) is 1. The zero-order chi connectivity index (χ0) is 18.2. The van der Waals surface area contributed by atoms with Crippen LogP contribution in [0.2, 0.25) is 0 Å². The third-order valence-corrected chi connectivity index (χ3v) is 4.40. The molecule has 0 aliphatic carbocycles. The predicted molar refractivity (Wildman–Crippen MR) is 97.4 cm³/mol. The van der Waals surface area contributed by atoms with Crippen LogP contribution < -0.4 is 15.4 Å². The number of amides is 2. The number of rotatable bonds is 8. The molecule has 0 radical (unpaired) electrons. The molecule has 2 amide bonds. The van der Waals surface area contributed by atoms with E-state index in [-0.39, 0.29) is 24.3 Å². The fraction of sp³-hybridized carbons (Fsp3) is 0.389. The smallest absolute Gasteiger partial charge is 0.258 e. The van der Waals surface area contributed by atoms with Gasteiger partial charge in [0.15, 0.2) is 6.61 Å². The molecule has 0 fully saturated rings. The first-order valence-corrected chi connectivity index (χ1v) is 8.93. The molecule has 1 unspecified atom stereocenters. The maximum absolute atomic E-state index is 12.4. The van der Waals surface area contributed by atoms with Crippen LogP contribution in [0.15, 0.2) is 36.5 Å². The molecule has 2 aromatic rings. The minimum Gasteiger partial charge on any atom is -0.484 e. The van der Waals surface area contributed by atoms with E-state index >= 15 is 0 Å². The number of nitrogens with one attached hydrogen (secondary N) is 2. The highest BCUT2D eigenvalue weighted by atomic mass is 32.1. The van der Waals surface area contributed by atoms with Crippen molar-refractivity contribution in [2.75, 3.05) is 6.61 Å². The second-order valence-corrected chi connectivity index (χ2v) is 7.27. The van der Waals surface area contributed by atoms with Crippen LogP contribution >= 0.6 is 11.3 Å². The summed E-state index contributed by atoms with van der Waals surface area (Å²) in [4.78, 5) is 29.6. The summed E-state index contributed by atoms with van der Waals surface area (Å²) in [7, 11) is 0. The number of hydrogen-bond acceptors (Lipinski definition) is 5. The van der Waals surface area contributed by atoms with Crippen molar-refractivity contribution >= 4 is 23.2 Å². The second kappa shape index (κ2) is 9.17. The van der Waals surface area contributed by atoms with Crippen molar-refractivity contribution in [3.63, 3.8) is 0 Å². The number of carbonyl (C=O) groups is 2. The first-order valence-electron chi connectivity index (χ1n) is 8.12. The third kappa shape index (κ3) is 6.19. The van der Waals surface area contributed by atoms with E-state index in [9.17, 15) is 9.59 Å². The Morgan fingerprint density at radius 2 is 1.96 bits per heavy atom. The van der Waals surface area contributed by atoms with Crippen molar-refractivity contribution in [2.45, 2.75) is 33.4 Å². The number of benzene rings is 1. The molecule has 1 heterocycles. The van der Waals surface area contributed by atoms with E-state index in [0.717, 1.165) is 9.88 Å². The lowest BCUT2D eigenvalue weighted by Gasteiger charge is -2.21. The van der Waals surface area contributed by atoms with Crippen molar-refractivity contribution in [1.82, 2.24) is 15.6 Å². The molecule has 0 saturated carbocycles. The molecule has 134 valence electrons. The highest BCUT2D eigenvalue weighted by Crippen LogP contribution is 2.11. The zero-order valence-corrected chi connectivity index (χ0v) is 15.4. The molecule has 6 nitrogen and oxygen atoms in total. The standard InChI is InChI=1S/C18H23N3O3S/c1-12(2)17(18(23)20-10-15-9-19-13(3)25-15)21-16(22)11-24-14-7-5-4-6-8-14/h4-9,12,17H,10-11H2,1-3H3,(H,20,23)(H,21,22). The van der Waals surface area contributed by atoms with Gasteiger partial charge in [-0.1, -0.05) is 32.0 Å². The van der Waals surface area contributed by atoms with E-state index in [4.69, 9.17) is 4.74 Å². The van der Waals surface area contributed by atoms with E-state index < -0.39 is 6.04 Å². The summed E-state index contributed by atoms with van der Waals surface area (Å²) in [6.45, 7) is 5.97. The molecule has 2 N–H and O–H groups in total. The highest BCUT2D eigenvalue weighted by molar-refractivity contribution is 7.11. The maximum Gasteiger partial charge on any atom is 0.258 e. The molecular weight excluding hydrogens is 338 g/mol. The molecule has 0 saturated heterocycles. The average molecular weight is 361 g/mol. The van der Waals surface area contributed by atoms with Gasteiger partial charge in [0.25, 0.3) is 5.91 Å². The highest BCUT2D eigenvalue weighted by Gasteiger charge is 2.24. The van der Waals surface area contributed by atoms with Gasteiger partial charge >= 0.3 is 0 Å². The fourth-order valence-corrected chi connectivity index (χ4v) is 2.92. The maximum atomic E-state index is 12.4. The number of carbonyl (C=O) groups excluding carboxylic acids is 2. The molecule has 25 heavy (non-hydrogen) atoms. The van der Waals surface area contributed by atoms with Crippen LogP contribution in [0.3, 0.4) is 0 Å².